The molecule has 1 fully saturated rings. The summed E-state index contributed by atoms with van der Waals surface area (Å²) in [5.41, 5.74) is 0.120. The first-order valence-electron chi connectivity index (χ1n) is 4.41. The Morgan fingerprint density at radius 2 is 1.92 bits per heavy atom. The molecule has 1 atom stereocenters. The van der Waals surface area contributed by atoms with E-state index in [1.165, 1.54) is 0 Å². The van der Waals surface area contributed by atoms with Gasteiger partial charge in [0.15, 0.2) is 6.29 Å². The third kappa shape index (κ3) is 3.09. The van der Waals surface area contributed by atoms with Crippen molar-refractivity contribution in [3.63, 3.8) is 0 Å². The molecule has 0 aromatic rings. The third-order valence-electron chi connectivity index (χ3n) is 1.85. The number of hydrogen-bond acceptors (Lipinski definition) is 3. The van der Waals surface area contributed by atoms with Gasteiger partial charge in [0.2, 0.25) is 0 Å². The van der Waals surface area contributed by atoms with Crippen LogP contribution in [0.25, 0.3) is 0 Å². The number of hydrogen-bond donors (Lipinski definition) is 1. The van der Waals surface area contributed by atoms with Crippen molar-refractivity contribution in [2.45, 2.75) is 39.6 Å². The van der Waals surface area contributed by atoms with Crippen LogP contribution in [-0.4, -0.2) is 30.7 Å². The smallest absolute Gasteiger partial charge is 0.160 e. The molecule has 0 aliphatic carbocycles. The zero-order chi connectivity index (χ0) is 9.19. The van der Waals surface area contributed by atoms with Gasteiger partial charge in [-0.2, -0.15) is 0 Å². The lowest BCUT2D eigenvalue weighted by atomic mass is 9.95. The quantitative estimate of drug-likeness (QED) is 0.682. The topological polar surface area (TPSA) is 38.7 Å². The summed E-state index contributed by atoms with van der Waals surface area (Å²) >= 11 is 0. The maximum Gasteiger partial charge on any atom is 0.160 e. The van der Waals surface area contributed by atoms with Crippen LogP contribution in [0, 0.1) is 5.41 Å². The molecule has 72 valence electrons. The van der Waals surface area contributed by atoms with Gasteiger partial charge < -0.3 is 14.6 Å². The van der Waals surface area contributed by atoms with Crippen LogP contribution in [0.4, 0.5) is 0 Å². The number of aliphatic hydroxyl groups is 1. The van der Waals surface area contributed by atoms with Gasteiger partial charge in [0.25, 0.3) is 0 Å². The van der Waals surface area contributed by atoms with Crippen LogP contribution in [-0.2, 0) is 9.47 Å². The predicted molar refractivity (Wildman–Crippen MR) is 45.8 cm³/mol. The van der Waals surface area contributed by atoms with Crippen LogP contribution >= 0.6 is 0 Å². The lowest BCUT2D eigenvalue weighted by Crippen LogP contribution is -2.38. The van der Waals surface area contributed by atoms with Crippen molar-refractivity contribution in [2.75, 3.05) is 13.2 Å². The molecule has 0 spiro atoms. The fraction of sp³-hybridized carbons (Fsp3) is 1.00. The van der Waals surface area contributed by atoms with Crippen LogP contribution in [0.5, 0.6) is 0 Å². The third-order valence-corrected chi connectivity index (χ3v) is 1.85. The normalized spacial score (nSPS) is 27.0. The largest absolute Gasteiger partial charge is 0.393 e. The Kier molecular flexibility index (Phi) is 3.09. The predicted octanol–water partition coefficient (Wildman–Crippen LogP) is 1.16. The molecular formula is C9H18O3. The zero-order valence-electron chi connectivity index (χ0n) is 8.04. The second-order valence-electron chi connectivity index (χ2n) is 4.30. The Balaban J connectivity index is 2.27. The summed E-state index contributed by atoms with van der Waals surface area (Å²) in [6, 6.07) is 0. The molecule has 3 nitrogen and oxygen atoms in total. The molecule has 12 heavy (non-hydrogen) atoms. The van der Waals surface area contributed by atoms with E-state index in [1.807, 2.05) is 0 Å². The molecule has 1 aliphatic heterocycles. The summed E-state index contributed by atoms with van der Waals surface area (Å²) in [5.74, 6) is 0. The van der Waals surface area contributed by atoms with Gasteiger partial charge in [-0.15, -0.1) is 0 Å². The molecule has 1 N–H and O–H groups in total. The highest BCUT2D eigenvalue weighted by Gasteiger charge is 2.28. The average molecular weight is 174 g/mol. The van der Waals surface area contributed by atoms with Gasteiger partial charge in [0, 0.05) is 11.8 Å². The van der Waals surface area contributed by atoms with Crippen molar-refractivity contribution < 1.29 is 14.6 Å². The van der Waals surface area contributed by atoms with E-state index in [0.717, 1.165) is 0 Å². The molecule has 0 aromatic heterocycles. The molecule has 1 rings (SSSR count). The van der Waals surface area contributed by atoms with Crippen molar-refractivity contribution in [2.24, 2.45) is 5.41 Å². The average Bonchev–Trinajstić information content (AvgIpc) is 1.93. The maximum absolute atomic E-state index is 9.07. The van der Waals surface area contributed by atoms with Crippen LogP contribution in [0.1, 0.15) is 27.2 Å². The number of rotatable bonds is 2. The Morgan fingerprint density at radius 1 is 1.42 bits per heavy atom. The highest BCUT2D eigenvalue weighted by atomic mass is 16.7. The molecular weight excluding hydrogens is 156 g/mol. The first-order chi connectivity index (χ1) is 5.49. The van der Waals surface area contributed by atoms with E-state index in [1.54, 1.807) is 6.92 Å². The minimum atomic E-state index is -0.351. The second-order valence-corrected chi connectivity index (χ2v) is 4.30. The fourth-order valence-electron chi connectivity index (χ4n) is 1.14. The lowest BCUT2D eigenvalue weighted by molar-refractivity contribution is -0.230. The van der Waals surface area contributed by atoms with E-state index in [2.05, 4.69) is 13.8 Å². The maximum atomic E-state index is 9.07. The van der Waals surface area contributed by atoms with E-state index < -0.39 is 0 Å². The van der Waals surface area contributed by atoms with Gasteiger partial charge in [0.05, 0.1) is 19.3 Å². The van der Waals surface area contributed by atoms with Crippen molar-refractivity contribution >= 4 is 0 Å². The molecule has 0 saturated carbocycles. The minimum Gasteiger partial charge on any atom is -0.393 e. The van der Waals surface area contributed by atoms with Crippen molar-refractivity contribution in [1.82, 2.24) is 0 Å². The molecule has 3 heteroatoms. The van der Waals surface area contributed by atoms with Gasteiger partial charge >= 0.3 is 0 Å². The van der Waals surface area contributed by atoms with E-state index in [0.29, 0.717) is 19.6 Å². The van der Waals surface area contributed by atoms with Gasteiger partial charge in [-0.1, -0.05) is 13.8 Å². The molecule has 0 bridgehead atoms. The Hall–Kier alpha value is -0.120. The van der Waals surface area contributed by atoms with E-state index in [-0.39, 0.29) is 17.8 Å². The Bertz CT molecular complexity index is 133. The molecule has 1 saturated heterocycles. The number of aliphatic hydroxyl groups excluding tert-OH is 1. The van der Waals surface area contributed by atoms with E-state index >= 15 is 0 Å². The van der Waals surface area contributed by atoms with E-state index in [9.17, 15) is 0 Å². The highest BCUT2D eigenvalue weighted by molar-refractivity contribution is 4.71. The van der Waals surface area contributed by atoms with Crippen molar-refractivity contribution in [3.05, 3.63) is 0 Å². The molecule has 1 unspecified atom stereocenters. The first kappa shape index (κ1) is 9.96. The summed E-state index contributed by atoms with van der Waals surface area (Å²) in [6.07, 6.45) is 0.00466. The van der Waals surface area contributed by atoms with Gasteiger partial charge in [-0.05, 0) is 6.92 Å². The monoisotopic (exact) mass is 174 g/mol. The van der Waals surface area contributed by atoms with E-state index in [4.69, 9.17) is 14.6 Å². The molecule has 1 heterocycles. The first-order valence-corrected chi connectivity index (χ1v) is 4.41. The second kappa shape index (κ2) is 3.73. The summed E-state index contributed by atoms with van der Waals surface area (Å²) in [7, 11) is 0. The lowest BCUT2D eigenvalue weighted by Gasteiger charge is -2.34. The SMILES string of the molecule is CC(O)CC1OCC(C)(C)CO1. The number of ether oxygens (including phenoxy) is 2. The van der Waals surface area contributed by atoms with Gasteiger partial charge in [0.1, 0.15) is 0 Å². The van der Waals surface area contributed by atoms with Gasteiger partial charge in [-0.25, -0.2) is 0 Å². The van der Waals surface area contributed by atoms with Crippen LogP contribution < -0.4 is 0 Å². The summed E-state index contributed by atoms with van der Waals surface area (Å²) in [5, 5.41) is 9.07. The molecule has 1 aliphatic rings. The zero-order valence-corrected chi connectivity index (χ0v) is 8.04. The minimum absolute atomic E-state index is 0.120. The molecule has 0 amide bonds. The van der Waals surface area contributed by atoms with Crippen LogP contribution in [0.3, 0.4) is 0 Å². The van der Waals surface area contributed by atoms with Crippen LogP contribution in [0.15, 0.2) is 0 Å². The van der Waals surface area contributed by atoms with Crippen molar-refractivity contribution in [1.29, 1.82) is 0 Å². The van der Waals surface area contributed by atoms with Gasteiger partial charge in [-0.3, -0.25) is 0 Å². The molecule has 0 radical (unpaired) electrons. The fourth-order valence-corrected chi connectivity index (χ4v) is 1.14. The summed E-state index contributed by atoms with van der Waals surface area (Å²) < 4.78 is 10.8. The van der Waals surface area contributed by atoms with Crippen LogP contribution in [0.2, 0.25) is 0 Å². The van der Waals surface area contributed by atoms with Crippen molar-refractivity contribution in [3.8, 4) is 0 Å². The highest BCUT2D eigenvalue weighted by Crippen LogP contribution is 2.24. The standard InChI is InChI=1S/C9H18O3/c1-7(10)4-8-11-5-9(2,3)6-12-8/h7-8,10H,4-6H2,1-3H3. The Morgan fingerprint density at radius 3 is 2.33 bits per heavy atom. The summed E-state index contributed by atoms with van der Waals surface area (Å²) in [4.78, 5) is 0. The summed E-state index contributed by atoms with van der Waals surface area (Å²) in [6.45, 7) is 7.37. The Labute approximate surface area is 73.7 Å². The molecule has 0 aromatic carbocycles.